The SMILES string of the molecule is CC(Cl)c1nc2ccc(C#N)cc2n1CCC(C)(C)C. The van der Waals surface area contributed by atoms with Crippen LogP contribution in [0.3, 0.4) is 0 Å². The second kappa shape index (κ2) is 5.46. The average molecular weight is 290 g/mol. The van der Waals surface area contributed by atoms with Crippen LogP contribution in [-0.4, -0.2) is 9.55 Å². The maximum absolute atomic E-state index is 9.06. The number of rotatable bonds is 3. The maximum atomic E-state index is 9.06. The molecule has 3 nitrogen and oxygen atoms in total. The van der Waals surface area contributed by atoms with Crippen LogP contribution in [0.4, 0.5) is 0 Å². The Labute approximate surface area is 125 Å². The molecule has 0 aliphatic heterocycles. The van der Waals surface area contributed by atoms with Crippen LogP contribution < -0.4 is 0 Å². The van der Waals surface area contributed by atoms with Crippen molar-refractivity contribution < 1.29 is 0 Å². The maximum Gasteiger partial charge on any atom is 0.127 e. The van der Waals surface area contributed by atoms with Crippen molar-refractivity contribution in [1.29, 1.82) is 5.26 Å². The average Bonchev–Trinajstić information content (AvgIpc) is 2.73. The minimum Gasteiger partial charge on any atom is -0.327 e. The van der Waals surface area contributed by atoms with Gasteiger partial charge in [0.25, 0.3) is 0 Å². The summed E-state index contributed by atoms with van der Waals surface area (Å²) in [6.07, 6.45) is 1.03. The molecule has 20 heavy (non-hydrogen) atoms. The third kappa shape index (κ3) is 3.13. The smallest absolute Gasteiger partial charge is 0.127 e. The summed E-state index contributed by atoms with van der Waals surface area (Å²) in [6.45, 7) is 9.45. The first-order valence-electron chi connectivity index (χ1n) is 6.86. The molecule has 1 aromatic heterocycles. The first-order valence-corrected chi connectivity index (χ1v) is 7.30. The zero-order chi connectivity index (χ0) is 14.9. The Balaban J connectivity index is 2.52. The highest BCUT2D eigenvalue weighted by molar-refractivity contribution is 6.20. The molecule has 2 rings (SSSR count). The molecule has 0 fully saturated rings. The Morgan fingerprint density at radius 3 is 2.65 bits per heavy atom. The topological polar surface area (TPSA) is 41.6 Å². The third-order valence-corrected chi connectivity index (χ3v) is 3.54. The number of halogens is 1. The highest BCUT2D eigenvalue weighted by Crippen LogP contribution is 2.28. The molecule has 0 N–H and O–H groups in total. The second-order valence-corrected chi connectivity index (χ2v) is 7.02. The number of alkyl halides is 1. The Morgan fingerprint density at radius 1 is 1.40 bits per heavy atom. The van der Waals surface area contributed by atoms with Crippen molar-refractivity contribution in [2.45, 2.75) is 46.0 Å². The standard InChI is InChI=1S/C16H20ClN3/c1-11(17)15-19-13-6-5-12(10-18)9-14(13)20(15)8-7-16(2,3)4/h5-6,9,11H,7-8H2,1-4H3. The van der Waals surface area contributed by atoms with Gasteiger partial charge in [-0.15, -0.1) is 11.6 Å². The van der Waals surface area contributed by atoms with Gasteiger partial charge in [-0.1, -0.05) is 20.8 Å². The van der Waals surface area contributed by atoms with Crippen LogP contribution in [0.2, 0.25) is 0 Å². The first-order chi connectivity index (χ1) is 9.31. The lowest BCUT2D eigenvalue weighted by Crippen LogP contribution is -2.12. The van der Waals surface area contributed by atoms with Gasteiger partial charge >= 0.3 is 0 Å². The Bertz CT molecular complexity index is 657. The summed E-state index contributed by atoms with van der Waals surface area (Å²) in [7, 11) is 0. The molecule has 0 saturated carbocycles. The van der Waals surface area contributed by atoms with Gasteiger partial charge in [0.05, 0.1) is 28.0 Å². The molecule has 1 aromatic carbocycles. The van der Waals surface area contributed by atoms with Crippen molar-refractivity contribution >= 4 is 22.6 Å². The molecule has 0 radical (unpaired) electrons. The Kier molecular flexibility index (Phi) is 4.06. The van der Waals surface area contributed by atoms with Crippen molar-refractivity contribution in [2.75, 3.05) is 0 Å². The van der Waals surface area contributed by atoms with Crippen LogP contribution >= 0.6 is 11.6 Å². The molecule has 0 aliphatic rings. The molecule has 0 aliphatic carbocycles. The fourth-order valence-corrected chi connectivity index (χ4v) is 2.36. The van der Waals surface area contributed by atoms with Gasteiger partial charge in [-0.2, -0.15) is 5.26 Å². The van der Waals surface area contributed by atoms with Crippen molar-refractivity contribution in [1.82, 2.24) is 9.55 Å². The highest BCUT2D eigenvalue weighted by Gasteiger charge is 2.18. The van der Waals surface area contributed by atoms with Crippen molar-refractivity contribution in [2.24, 2.45) is 5.41 Å². The van der Waals surface area contributed by atoms with E-state index in [9.17, 15) is 0 Å². The molecule has 4 heteroatoms. The number of nitrogens with zero attached hydrogens (tertiary/aromatic N) is 3. The van der Waals surface area contributed by atoms with E-state index in [1.165, 1.54) is 0 Å². The molecule has 0 saturated heterocycles. The number of hydrogen-bond acceptors (Lipinski definition) is 2. The van der Waals surface area contributed by atoms with E-state index in [4.69, 9.17) is 16.9 Å². The number of nitriles is 1. The van der Waals surface area contributed by atoms with Crippen LogP contribution in [0.5, 0.6) is 0 Å². The molecule has 2 aromatic rings. The van der Waals surface area contributed by atoms with Gasteiger partial charge in [0.15, 0.2) is 0 Å². The summed E-state index contributed by atoms with van der Waals surface area (Å²) in [5.74, 6) is 0.876. The van der Waals surface area contributed by atoms with E-state index in [1.807, 2.05) is 19.1 Å². The van der Waals surface area contributed by atoms with Crippen LogP contribution in [0.15, 0.2) is 18.2 Å². The van der Waals surface area contributed by atoms with E-state index in [2.05, 4.69) is 36.4 Å². The largest absolute Gasteiger partial charge is 0.327 e. The van der Waals surface area contributed by atoms with E-state index < -0.39 is 0 Å². The minimum absolute atomic E-state index is 0.145. The third-order valence-electron chi connectivity index (χ3n) is 3.35. The van der Waals surface area contributed by atoms with Crippen molar-refractivity contribution in [3.63, 3.8) is 0 Å². The fourth-order valence-electron chi connectivity index (χ4n) is 2.20. The number of fused-ring (bicyclic) bond motifs is 1. The van der Waals surface area contributed by atoms with E-state index >= 15 is 0 Å². The normalized spacial score (nSPS) is 13.4. The predicted molar refractivity (Wildman–Crippen MR) is 82.8 cm³/mol. The van der Waals surface area contributed by atoms with Gasteiger partial charge in [0.2, 0.25) is 0 Å². The number of hydrogen-bond donors (Lipinski definition) is 0. The van der Waals surface area contributed by atoms with Gasteiger partial charge in [0.1, 0.15) is 5.82 Å². The summed E-state index contributed by atoms with van der Waals surface area (Å²) in [4.78, 5) is 4.61. The molecule has 1 atom stereocenters. The summed E-state index contributed by atoms with van der Waals surface area (Å²) in [6, 6.07) is 7.77. The molecule has 0 spiro atoms. The van der Waals surface area contributed by atoms with E-state index in [-0.39, 0.29) is 10.8 Å². The molecular weight excluding hydrogens is 270 g/mol. The van der Waals surface area contributed by atoms with Crippen molar-refractivity contribution in [3.05, 3.63) is 29.6 Å². The molecule has 0 bridgehead atoms. The lowest BCUT2D eigenvalue weighted by molar-refractivity contribution is 0.350. The second-order valence-electron chi connectivity index (χ2n) is 6.36. The number of aromatic nitrogens is 2. The highest BCUT2D eigenvalue weighted by atomic mass is 35.5. The summed E-state index contributed by atoms with van der Waals surface area (Å²) in [5.41, 5.74) is 2.80. The van der Waals surface area contributed by atoms with Gasteiger partial charge in [-0.05, 0) is 37.0 Å². The van der Waals surface area contributed by atoms with E-state index in [0.717, 1.165) is 29.8 Å². The molecule has 1 unspecified atom stereocenters. The van der Waals surface area contributed by atoms with Crippen molar-refractivity contribution in [3.8, 4) is 6.07 Å². The lowest BCUT2D eigenvalue weighted by Gasteiger charge is -2.20. The van der Waals surface area contributed by atoms with Crippen LogP contribution in [0.25, 0.3) is 11.0 Å². The Morgan fingerprint density at radius 2 is 2.10 bits per heavy atom. The zero-order valence-corrected chi connectivity index (χ0v) is 13.2. The van der Waals surface area contributed by atoms with Gasteiger partial charge in [-0.3, -0.25) is 0 Å². The fraction of sp³-hybridized carbons (Fsp3) is 0.500. The molecular formula is C16H20ClN3. The van der Waals surface area contributed by atoms with Crippen LogP contribution in [0, 0.1) is 16.7 Å². The number of imidazole rings is 1. The van der Waals surface area contributed by atoms with Crippen LogP contribution in [0.1, 0.15) is 50.9 Å². The predicted octanol–water partition coefficient (Wildman–Crippen LogP) is 4.64. The zero-order valence-electron chi connectivity index (χ0n) is 12.4. The van der Waals surface area contributed by atoms with Gasteiger partial charge in [0, 0.05) is 6.54 Å². The summed E-state index contributed by atoms with van der Waals surface area (Å²) in [5, 5.41) is 8.91. The number of aryl methyl sites for hydroxylation is 1. The van der Waals surface area contributed by atoms with Gasteiger partial charge in [-0.25, -0.2) is 4.98 Å². The summed E-state index contributed by atoms with van der Waals surface area (Å²) >= 11 is 6.26. The summed E-state index contributed by atoms with van der Waals surface area (Å²) < 4.78 is 2.15. The Hall–Kier alpha value is -1.53. The van der Waals surface area contributed by atoms with Crippen LogP contribution in [-0.2, 0) is 6.54 Å². The van der Waals surface area contributed by atoms with Gasteiger partial charge < -0.3 is 4.57 Å². The molecule has 0 amide bonds. The quantitative estimate of drug-likeness (QED) is 0.772. The van der Waals surface area contributed by atoms with E-state index in [1.54, 1.807) is 6.07 Å². The lowest BCUT2D eigenvalue weighted by atomic mass is 9.92. The molecule has 106 valence electrons. The van der Waals surface area contributed by atoms with E-state index in [0.29, 0.717) is 5.56 Å². The number of benzene rings is 1. The molecule has 1 heterocycles. The minimum atomic E-state index is -0.145. The first kappa shape index (κ1) is 14.9. The monoisotopic (exact) mass is 289 g/mol.